The van der Waals surface area contributed by atoms with Gasteiger partial charge in [-0.25, -0.2) is 0 Å². The summed E-state index contributed by atoms with van der Waals surface area (Å²) in [5.74, 6) is 0. The Morgan fingerprint density at radius 3 is 2.82 bits per heavy atom. The van der Waals surface area contributed by atoms with E-state index in [1.165, 1.54) is 5.69 Å². The molecule has 11 heavy (non-hydrogen) atoms. The zero-order valence-corrected chi connectivity index (χ0v) is 7.26. The average molecular weight is 154 g/mol. The highest BCUT2D eigenvalue weighted by molar-refractivity contribution is 5.09. The van der Waals surface area contributed by atoms with Crippen molar-refractivity contribution in [3.05, 3.63) is 11.4 Å². The van der Waals surface area contributed by atoms with Crippen molar-refractivity contribution in [1.29, 1.82) is 0 Å². The SMILES string of the molecule is CCc1c(CNC)nnn1C. The molecule has 1 rings (SSSR count). The van der Waals surface area contributed by atoms with Crippen LogP contribution in [0.2, 0.25) is 0 Å². The Morgan fingerprint density at radius 2 is 2.27 bits per heavy atom. The molecule has 62 valence electrons. The Hall–Kier alpha value is -0.900. The van der Waals surface area contributed by atoms with Gasteiger partial charge in [0.1, 0.15) is 0 Å². The lowest BCUT2D eigenvalue weighted by Gasteiger charge is -1.98. The van der Waals surface area contributed by atoms with E-state index in [1.807, 2.05) is 18.8 Å². The third kappa shape index (κ3) is 1.57. The van der Waals surface area contributed by atoms with Gasteiger partial charge in [-0.3, -0.25) is 4.68 Å². The number of rotatable bonds is 3. The maximum atomic E-state index is 4.03. The Kier molecular flexibility index (Phi) is 2.59. The van der Waals surface area contributed by atoms with Gasteiger partial charge in [0.05, 0.1) is 11.4 Å². The zero-order chi connectivity index (χ0) is 8.27. The number of aromatic nitrogens is 3. The Labute approximate surface area is 66.6 Å². The van der Waals surface area contributed by atoms with E-state index in [0.717, 1.165) is 18.7 Å². The third-order valence-electron chi connectivity index (χ3n) is 1.70. The first-order chi connectivity index (χ1) is 5.29. The van der Waals surface area contributed by atoms with E-state index in [0.29, 0.717) is 0 Å². The summed E-state index contributed by atoms with van der Waals surface area (Å²) in [5, 5.41) is 11.0. The largest absolute Gasteiger partial charge is 0.314 e. The number of aryl methyl sites for hydroxylation is 1. The van der Waals surface area contributed by atoms with Crippen molar-refractivity contribution in [3.63, 3.8) is 0 Å². The first-order valence-corrected chi connectivity index (χ1v) is 3.81. The fraction of sp³-hybridized carbons (Fsp3) is 0.714. The van der Waals surface area contributed by atoms with E-state index in [9.17, 15) is 0 Å². The minimum Gasteiger partial charge on any atom is -0.314 e. The minimum absolute atomic E-state index is 0.803. The molecular weight excluding hydrogens is 140 g/mol. The van der Waals surface area contributed by atoms with Crippen LogP contribution in [0.5, 0.6) is 0 Å². The second-order valence-electron chi connectivity index (χ2n) is 2.49. The molecule has 0 aliphatic rings. The van der Waals surface area contributed by atoms with Gasteiger partial charge in [-0.2, -0.15) is 0 Å². The molecule has 0 aliphatic carbocycles. The van der Waals surface area contributed by atoms with Crippen molar-refractivity contribution in [2.75, 3.05) is 7.05 Å². The summed E-state index contributed by atoms with van der Waals surface area (Å²) < 4.78 is 1.83. The van der Waals surface area contributed by atoms with Crippen LogP contribution < -0.4 is 5.32 Å². The van der Waals surface area contributed by atoms with Gasteiger partial charge in [-0.15, -0.1) is 5.10 Å². The van der Waals surface area contributed by atoms with Crippen LogP contribution in [0.1, 0.15) is 18.3 Å². The molecule has 4 nitrogen and oxygen atoms in total. The van der Waals surface area contributed by atoms with Crippen LogP contribution in [-0.4, -0.2) is 22.0 Å². The van der Waals surface area contributed by atoms with E-state index in [1.54, 1.807) is 0 Å². The lowest BCUT2D eigenvalue weighted by Crippen LogP contribution is -2.08. The second kappa shape index (κ2) is 3.48. The maximum Gasteiger partial charge on any atom is 0.0996 e. The van der Waals surface area contributed by atoms with Gasteiger partial charge in [0, 0.05) is 13.6 Å². The van der Waals surface area contributed by atoms with Crippen LogP contribution in [0.3, 0.4) is 0 Å². The van der Waals surface area contributed by atoms with Gasteiger partial charge >= 0.3 is 0 Å². The number of hydrogen-bond donors (Lipinski definition) is 1. The van der Waals surface area contributed by atoms with Gasteiger partial charge in [-0.05, 0) is 13.5 Å². The number of nitrogens with one attached hydrogen (secondary N) is 1. The monoisotopic (exact) mass is 154 g/mol. The molecular formula is C7H14N4. The van der Waals surface area contributed by atoms with Crippen molar-refractivity contribution in [2.24, 2.45) is 7.05 Å². The van der Waals surface area contributed by atoms with Crippen LogP contribution in [0, 0.1) is 0 Å². The van der Waals surface area contributed by atoms with E-state index in [-0.39, 0.29) is 0 Å². The zero-order valence-electron chi connectivity index (χ0n) is 7.26. The summed E-state index contributed by atoms with van der Waals surface area (Å²) in [7, 11) is 3.83. The van der Waals surface area contributed by atoms with Gasteiger partial charge in [0.2, 0.25) is 0 Å². The molecule has 0 radical (unpaired) electrons. The molecule has 0 unspecified atom stereocenters. The Balaban J connectivity index is 2.86. The smallest absolute Gasteiger partial charge is 0.0996 e. The molecule has 0 bridgehead atoms. The van der Waals surface area contributed by atoms with Crippen LogP contribution in [0.4, 0.5) is 0 Å². The van der Waals surface area contributed by atoms with E-state index < -0.39 is 0 Å². The van der Waals surface area contributed by atoms with Crippen molar-refractivity contribution in [2.45, 2.75) is 19.9 Å². The highest BCUT2D eigenvalue weighted by Gasteiger charge is 2.05. The molecule has 0 amide bonds. The summed E-state index contributed by atoms with van der Waals surface area (Å²) in [6, 6.07) is 0. The van der Waals surface area contributed by atoms with E-state index >= 15 is 0 Å². The Bertz CT molecular complexity index is 228. The lowest BCUT2D eigenvalue weighted by molar-refractivity contribution is 0.682. The summed E-state index contributed by atoms with van der Waals surface area (Å²) >= 11 is 0. The standard InChI is InChI=1S/C7H14N4/c1-4-7-6(5-8-2)9-10-11(7)3/h8H,4-5H2,1-3H3. The predicted molar refractivity (Wildman–Crippen MR) is 43.1 cm³/mol. The first kappa shape index (κ1) is 8.20. The van der Waals surface area contributed by atoms with Crippen LogP contribution in [-0.2, 0) is 20.0 Å². The number of nitrogens with zero attached hydrogens (tertiary/aromatic N) is 3. The molecule has 1 aromatic rings. The highest BCUT2D eigenvalue weighted by Crippen LogP contribution is 2.03. The lowest BCUT2D eigenvalue weighted by atomic mass is 10.2. The van der Waals surface area contributed by atoms with Crippen LogP contribution in [0.15, 0.2) is 0 Å². The van der Waals surface area contributed by atoms with Crippen LogP contribution in [0.25, 0.3) is 0 Å². The van der Waals surface area contributed by atoms with Gasteiger partial charge < -0.3 is 5.32 Å². The quantitative estimate of drug-likeness (QED) is 0.671. The topological polar surface area (TPSA) is 42.7 Å². The molecule has 0 atom stereocenters. The summed E-state index contributed by atoms with van der Waals surface area (Å²) in [6.07, 6.45) is 0.987. The average Bonchev–Trinajstić information content (AvgIpc) is 2.33. The van der Waals surface area contributed by atoms with Crippen molar-refractivity contribution < 1.29 is 0 Å². The number of hydrogen-bond acceptors (Lipinski definition) is 3. The van der Waals surface area contributed by atoms with Crippen molar-refractivity contribution in [1.82, 2.24) is 20.3 Å². The highest BCUT2D eigenvalue weighted by atomic mass is 15.4. The van der Waals surface area contributed by atoms with Crippen LogP contribution >= 0.6 is 0 Å². The maximum absolute atomic E-state index is 4.03. The van der Waals surface area contributed by atoms with Crippen molar-refractivity contribution >= 4 is 0 Å². The molecule has 0 fully saturated rings. The van der Waals surface area contributed by atoms with Gasteiger partial charge in [0.25, 0.3) is 0 Å². The third-order valence-corrected chi connectivity index (χ3v) is 1.70. The molecule has 4 heteroatoms. The summed E-state index contributed by atoms with van der Waals surface area (Å²) in [4.78, 5) is 0. The van der Waals surface area contributed by atoms with Crippen molar-refractivity contribution in [3.8, 4) is 0 Å². The first-order valence-electron chi connectivity index (χ1n) is 3.81. The molecule has 1 heterocycles. The second-order valence-corrected chi connectivity index (χ2v) is 2.49. The molecule has 1 N–H and O–H groups in total. The molecule has 0 spiro atoms. The summed E-state index contributed by atoms with van der Waals surface area (Å²) in [5.41, 5.74) is 2.26. The van der Waals surface area contributed by atoms with E-state index in [4.69, 9.17) is 0 Å². The molecule has 0 saturated carbocycles. The normalized spacial score (nSPS) is 10.5. The molecule has 1 aromatic heterocycles. The molecule has 0 aromatic carbocycles. The predicted octanol–water partition coefficient (Wildman–Crippen LogP) is 0.0969. The fourth-order valence-electron chi connectivity index (χ4n) is 1.16. The van der Waals surface area contributed by atoms with Gasteiger partial charge in [0.15, 0.2) is 0 Å². The van der Waals surface area contributed by atoms with Gasteiger partial charge in [-0.1, -0.05) is 12.1 Å². The molecule has 0 aliphatic heterocycles. The fourth-order valence-corrected chi connectivity index (χ4v) is 1.16. The van der Waals surface area contributed by atoms with E-state index in [2.05, 4.69) is 22.6 Å². The minimum atomic E-state index is 0.803. The Morgan fingerprint density at radius 1 is 1.55 bits per heavy atom. The molecule has 0 saturated heterocycles. The summed E-state index contributed by atoms with van der Waals surface area (Å²) in [6.45, 7) is 2.91.